The lowest BCUT2D eigenvalue weighted by molar-refractivity contribution is -0.123. The second-order valence-electron chi connectivity index (χ2n) is 6.97. The first-order valence-electron chi connectivity index (χ1n) is 10.4. The minimum Gasteiger partial charge on any atom is -0.494 e. The van der Waals surface area contributed by atoms with Crippen molar-refractivity contribution < 1.29 is 23.8 Å². The third kappa shape index (κ3) is 7.50. The lowest BCUT2D eigenvalue weighted by Gasteiger charge is -2.07. The third-order valence-electron chi connectivity index (χ3n) is 4.33. The van der Waals surface area contributed by atoms with Gasteiger partial charge in [0.05, 0.1) is 23.4 Å². The summed E-state index contributed by atoms with van der Waals surface area (Å²) in [6.07, 6.45) is 2.36. The largest absolute Gasteiger partial charge is 0.494 e. The summed E-state index contributed by atoms with van der Waals surface area (Å²) in [5.74, 6) is 0.442. The molecule has 176 valence electrons. The molecule has 7 nitrogen and oxygen atoms in total. The van der Waals surface area contributed by atoms with E-state index < -0.39 is 11.9 Å². The Hall–Kier alpha value is -3.55. The number of nitrogens with zero attached hydrogens (tertiary/aromatic N) is 1. The van der Waals surface area contributed by atoms with Crippen LogP contribution in [0.3, 0.4) is 0 Å². The maximum absolute atomic E-state index is 12.3. The van der Waals surface area contributed by atoms with Crippen LogP contribution in [0.15, 0.2) is 71.8 Å². The quantitative estimate of drug-likeness (QED) is 0.171. The second kappa shape index (κ2) is 12.6. The van der Waals surface area contributed by atoms with E-state index in [1.807, 2.05) is 6.92 Å². The van der Waals surface area contributed by atoms with Gasteiger partial charge in [0.2, 0.25) is 0 Å². The predicted molar refractivity (Wildman–Crippen MR) is 131 cm³/mol. The fourth-order valence-electron chi connectivity index (χ4n) is 2.64. The first kappa shape index (κ1) is 25.1. The van der Waals surface area contributed by atoms with Crippen molar-refractivity contribution >= 4 is 41.3 Å². The van der Waals surface area contributed by atoms with Crippen molar-refractivity contribution in [1.29, 1.82) is 0 Å². The van der Waals surface area contributed by atoms with Gasteiger partial charge in [0.1, 0.15) is 22.3 Å². The number of carbonyl (C=O) groups excluding carboxylic acids is 2. The van der Waals surface area contributed by atoms with Crippen molar-refractivity contribution in [2.75, 3.05) is 13.2 Å². The Morgan fingerprint density at radius 1 is 0.941 bits per heavy atom. The minimum absolute atomic E-state index is 0.235. The molecule has 3 rings (SSSR count). The van der Waals surface area contributed by atoms with Crippen LogP contribution in [0.4, 0.5) is 0 Å². The molecule has 34 heavy (non-hydrogen) atoms. The van der Waals surface area contributed by atoms with Crippen LogP contribution in [0.5, 0.6) is 17.2 Å². The van der Waals surface area contributed by atoms with Gasteiger partial charge in [-0.15, -0.1) is 0 Å². The number of halogens is 2. The molecule has 0 fully saturated rings. The number of rotatable bonds is 10. The van der Waals surface area contributed by atoms with Gasteiger partial charge in [-0.2, -0.15) is 5.10 Å². The SMILES string of the molecule is CCCOc1ccc(C(=O)Oc2ccc(/C=N\NC(=O)COc3cccc(Cl)c3Cl)cc2)cc1. The van der Waals surface area contributed by atoms with E-state index >= 15 is 0 Å². The Balaban J connectivity index is 1.46. The van der Waals surface area contributed by atoms with E-state index in [-0.39, 0.29) is 11.6 Å². The van der Waals surface area contributed by atoms with Crippen molar-refractivity contribution in [1.82, 2.24) is 5.43 Å². The van der Waals surface area contributed by atoms with Gasteiger partial charge < -0.3 is 14.2 Å². The fourth-order valence-corrected chi connectivity index (χ4v) is 2.99. The highest BCUT2D eigenvalue weighted by atomic mass is 35.5. The van der Waals surface area contributed by atoms with Crippen LogP contribution in [0.1, 0.15) is 29.3 Å². The summed E-state index contributed by atoms with van der Waals surface area (Å²) in [5.41, 5.74) is 3.46. The molecule has 0 saturated heterocycles. The number of benzene rings is 3. The molecule has 0 atom stereocenters. The van der Waals surface area contributed by atoms with Crippen LogP contribution in [0, 0.1) is 0 Å². The molecule has 0 bridgehead atoms. The van der Waals surface area contributed by atoms with Crippen LogP contribution >= 0.6 is 23.2 Å². The van der Waals surface area contributed by atoms with Gasteiger partial charge in [-0.3, -0.25) is 4.79 Å². The van der Waals surface area contributed by atoms with E-state index in [9.17, 15) is 9.59 Å². The molecule has 0 aliphatic heterocycles. The number of hydrogen-bond donors (Lipinski definition) is 1. The Bertz CT molecular complexity index is 1150. The Morgan fingerprint density at radius 3 is 2.35 bits per heavy atom. The maximum Gasteiger partial charge on any atom is 0.343 e. The lowest BCUT2D eigenvalue weighted by Crippen LogP contribution is -2.24. The highest BCUT2D eigenvalue weighted by molar-refractivity contribution is 6.42. The number of esters is 1. The van der Waals surface area contributed by atoms with Crippen molar-refractivity contribution in [3.63, 3.8) is 0 Å². The summed E-state index contributed by atoms with van der Waals surface area (Å²) in [4.78, 5) is 24.2. The average Bonchev–Trinajstić information content (AvgIpc) is 2.85. The summed E-state index contributed by atoms with van der Waals surface area (Å²) in [6, 6.07) is 18.3. The summed E-state index contributed by atoms with van der Waals surface area (Å²) >= 11 is 11.9. The Morgan fingerprint density at radius 2 is 1.65 bits per heavy atom. The van der Waals surface area contributed by atoms with E-state index in [2.05, 4.69) is 10.5 Å². The van der Waals surface area contributed by atoms with Gasteiger partial charge in [-0.25, -0.2) is 10.2 Å². The van der Waals surface area contributed by atoms with Crippen LogP contribution in [0.25, 0.3) is 0 Å². The molecule has 0 aromatic heterocycles. The molecule has 0 heterocycles. The summed E-state index contributed by atoms with van der Waals surface area (Å²) in [5, 5.41) is 4.45. The van der Waals surface area contributed by atoms with Crippen molar-refractivity contribution in [3.05, 3.63) is 87.9 Å². The molecule has 0 aliphatic carbocycles. The van der Waals surface area contributed by atoms with Crippen LogP contribution in [-0.4, -0.2) is 31.3 Å². The first-order valence-corrected chi connectivity index (χ1v) is 11.2. The standard InChI is InChI=1S/C25H22Cl2N2O5/c1-2-14-32-19-12-8-18(9-13-19)25(31)34-20-10-6-17(7-11-20)15-28-29-23(30)16-33-22-5-3-4-21(26)24(22)27/h3-13,15H,2,14,16H2,1H3,(H,29,30)/b28-15-. The summed E-state index contributed by atoms with van der Waals surface area (Å²) in [7, 11) is 0. The van der Waals surface area contributed by atoms with E-state index in [0.717, 1.165) is 6.42 Å². The molecule has 0 aliphatic rings. The number of hydrogen-bond acceptors (Lipinski definition) is 6. The van der Waals surface area contributed by atoms with Crippen LogP contribution in [-0.2, 0) is 4.79 Å². The predicted octanol–water partition coefficient (Wildman–Crippen LogP) is 5.53. The molecular formula is C25H22Cl2N2O5. The maximum atomic E-state index is 12.3. The first-order chi connectivity index (χ1) is 16.5. The van der Waals surface area contributed by atoms with Crippen LogP contribution in [0.2, 0.25) is 10.0 Å². The molecule has 1 amide bonds. The fraction of sp³-hybridized carbons (Fsp3) is 0.160. The number of amides is 1. The van der Waals surface area contributed by atoms with Gasteiger partial charge in [0.25, 0.3) is 5.91 Å². The van der Waals surface area contributed by atoms with E-state index in [1.54, 1.807) is 66.7 Å². The molecule has 0 unspecified atom stereocenters. The molecular weight excluding hydrogens is 479 g/mol. The number of nitrogens with one attached hydrogen (secondary N) is 1. The zero-order valence-electron chi connectivity index (χ0n) is 18.3. The highest BCUT2D eigenvalue weighted by Gasteiger charge is 2.09. The number of hydrazone groups is 1. The molecule has 0 saturated carbocycles. The average molecular weight is 501 g/mol. The van der Waals surface area contributed by atoms with Crippen molar-refractivity contribution in [2.24, 2.45) is 5.10 Å². The molecule has 1 N–H and O–H groups in total. The van der Waals surface area contributed by atoms with Crippen molar-refractivity contribution in [3.8, 4) is 17.2 Å². The second-order valence-corrected chi connectivity index (χ2v) is 7.75. The van der Waals surface area contributed by atoms with Gasteiger partial charge in [0.15, 0.2) is 6.61 Å². The van der Waals surface area contributed by atoms with Gasteiger partial charge >= 0.3 is 5.97 Å². The summed E-state index contributed by atoms with van der Waals surface area (Å²) in [6.45, 7) is 2.36. The summed E-state index contributed by atoms with van der Waals surface area (Å²) < 4.78 is 16.2. The van der Waals surface area contributed by atoms with Crippen LogP contribution < -0.4 is 19.6 Å². The van der Waals surface area contributed by atoms with Crippen molar-refractivity contribution in [2.45, 2.75) is 13.3 Å². The van der Waals surface area contributed by atoms with E-state index in [1.165, 1.54) is 6.21 Å². The van der Waals surface area contributed by atoms with Gasteiger partial charge in [-0.1, -0.05) is 36.2 Å². The zero-order chi connectivity index (χ0) is 24.3. The Kier molecular flexibility index (Phi) is 9.31. The molecule has 3 aromatic rings. The van der Waals surface area contributed by atoms with E-state index in [0.29, 0.717) is 40.0 Å². The number of carbonyl (C=O) groups is 2. The molecule has 0 spiro atoms. The monoisotopic (exact) mass is 500 g/mol. The normalized spacial score (nSPS) is 10.7. The van der Waals surface area contributed by atoms with Gasteiger partial charge in [0, 0.05) is 0 Å². The molecule has 9 heteroatoms. The Labute approximate surface area is 207 Å². The molecule has 0 radical (unpaired) electrons. The number of ether oxygens (including phenoxy) is 3. The third-order valence-corrected chi connectivity index (χ3v) is 5.13. The van der Waals surface area contributed by atoms with E-state index in [4.69, 9.17) is 37.4 Å². The smallest absolute Gasteiger partial charge is 0.343 e. The zero-order valence-corrected chi connectivity index (χ0v) is 19.8. The highest BCUT2D eigenvalue weighted by Crippen LogP contribution is 2.31. The minimum atomic E-state index is -0.476. The van der Waals surface area contributed by atoms with Gasteiger partial charge in [-0.05, 0) is 72.6 Å². The topological polar surface area (TPSA) is 86.2 Å². The molecule has 3 aromatic carbocycles. The lowest BCUT2D eigenvalue weighted by atomic mass is 10.2.